The second kappa shape index (κ2) is 12.5. The number of nitrogens with zero attached hydrogens (tertiary/aromatic N) is 5. The Morgan fingerprint density at radius 2 is 1.87 bits per heavy atom. The fourth-order valence-corrected chi connectivity index (χ4v) is 6.36. The molecule has 2 N–H and O–H groups in total. The number of pyridine rings is 2. The van der Waals surface area contributed by atoms with Gasteiger partial charge in [-0.05, 0) is 76.6 Å². The largest absolute Gasteiger partial charge is 0.477 e. The van der Waals surface area contributed by atoms with Crippen molar-refractivity contribution in [3.05, 3.63) is 48.2 Å². The number of nitrogens with one attached hydrogen (secondary N) is 2. The highest BCUT2D eigenvalue weighted by Gasteiger charge is 2.62. The Hall–Kier alpha value is -3.88. The zero-order chi connectivity index (χ0) is 32.5. The lowest BCUT2D eigenvalue weighted by atomic mass is 10.0. The number of aromatic nitrogens is 4. The van der Waals surface area contributed by atoms with E-state index in [-0.39, 0.29) is 53.7 Å². The minimum absolute atomic E-state index is 0.0556. The van der Waals surface area contributed by atoms with Crippen LogP contribution in [0.2, 0.25) is 0 Å². The normalized spacial score (nSPS) is 17.2. The Kier molecular flexibility index (Phi) is 9.02. The maximum atomic E-state index is 13.5. The highest BCUT2D eigenvalue weighted by Crippen LogP contribution is 2.59. The van der Waals surface area contributed by atoms with Gasteiger partial charge in [0.2, 0.25) is 5.88 Å². The molecule has 45 heavy (non-hydrogen) atoms. The molecular formula is C30H38F3N7O4S. The molecule has 11 nitrogen and oxygen atoms in total. The van der Waals surface area contributed by atoms with Gasteiger partial charge in [0, 0.05) is 30.9 Å². The molecule has 0 unspecified atom stereocenters. The molecule has 0 atom stereocenters. The van der Waals surface area contributed by atoms with Crippen LogP contribution in [0.3, 0.4) is 0 Å². The Bertz CT molecular complexity index is 1640. The minimum Gasteiger partial charge on any atom is -0.477 e. The molecule has 1 aliphatic heterocycles. The number of unbranched alkanes of at least 4 members (excludes halogenated alkanes) is 1. The van der Waals surface area contributed by atoms with Crippen molar-refractivity contribution in [3.63, 3.8) is 0 Å². The Morgan fingerprint density at radius 1 is 1.09 bits per heavy atom. The van der Waals surface area contributed by atoms with Crippen LogP contribution in [0.4, 0.5) is 24.8 Å². The van der Waals surface area contributed by atoms with Crippen LogP contribution in [0.1, 0.15) is 76.1 Å². The number of rotatable bonds is 13. The number of amides is 1. The molecule has 2 aliphatic rings. The molecule has 4 heterocycles. The predicted molar refractivity (Wildman–Crippen MR) is 162 cm³/mol. The fraction of sp³-hybridized carbons (Fsp3) is 0.533. The number of anilines is 2. The van der Waals surface area contributed by atoms with Crippen LogP contribution in [0.25, 0.3) is 5.82 Å². The number of alkyl halides is 3. The van der Waals surface area contributed by atoms with Crippen molar-refractivity contribution in [3.8, 4) is 11.7 Å². The molecule has 2 fully saturated rings. The topological polar surface area (TPSA) is 131 Å². The molecule has 0 aromatic carbocycles. The van der Waals surface area contributed by atoms with Gasteiger partial charge in [-0.15, -0.1) is 5.10 Å². The van der Waals surface area contributed by atoms with Gasteiger partial charge in [-0.2, -0.15) is 21.6 Å². The van der Waals surface area contributed by atoms with E-state index in [9.17, 15) is 26.4 Å². The molecule has 0 spiro atoms. The molecule has 0 bridgehead atoms. The van der Waals surface area contributed by atoms with Crippen LogP contribution < -0.4 is 19.7 Å². The van der Waals surface area contributed by atoms with Crippen molar-refractivity contribution in [1.29, 1.82) is 0 Å². The smallest absolute Gasteiger partial charge is 0.394 e. The van der Waals surface area contributed by atoms with Crippen LogP contribution in [-0.4, -0.2) is 65.5 Å². The molecule has 1 amide bonds. The van der Waals surface area contributed by atoms with E-state index in [0.717, 1.165) is 25.7 Å². The second-order valence-corrected chi connectivity index (χ2v) is 13.8. The van der Waals surface area contributed by atoms with E-state index in [1.54, 1.807) is 18.3 Å². The average molecular weight is 650 g/mol. The number of halogens is 3. The first kappa shape index (κ1) is 32.5. The minimum atomic E-state index is -4.31. The van der Waals surface area contributed by atoms with Gasteiger partial charge >= 0.3 is 6.18 Å². The van der Waals surface area contributed by atoms with Crippen molar-refractivity contribution in [2.75, 3.05) is 29.9 Å². The standard InChI is InChI=1S/C30H38F3N7O4S/c1-4-5-17-34-22-8-6-9-25(35-22)45(42,43)38-27(41)21-10-11-23(36-26(21)39-18-7-13-28(39,2)3)40-19-12-24(37-40)44-20-16-29(14-15-29)30(31,32)33/h6,8-12,19H,4-5,7,13-18,20H2,1-3H3,(H,34,35)(H,38,41). The van der Waals surface area contributed by atoms with Crippen LogP contribution in [0.15, 0.2) is 47.6 Å². The molecule has 1 saturated heterocycles. The summed E-state index contributed by atoms with van der Waals surface area (Å²) in [5, 5.41) is 7.10. The lowest BCUT2D eigenvalue weighted by molar-refractivity contribution is -0.190. The van der Waals surface area contributed by atoms with Gasteiger partial charge in [0.15, 0.2) is 10.8 Å². The quantitative estimate of drug-likeness (QED) is 0.231. The monoisotopic (exact) mass is 649 g/mol. The SMILES string of the molecule is CCCCNc1cccc(S(=O)(=O)NC(=O)c2ccc(-n3ccc(OCCC4(C(F)(F)F)CC4)n3)nc2N2CCCC2(C)C)n1. The first-order chi connectivity index (χ1) is 21.2. The summed E-state index contributed by atoms with van der Waals surface area (Å²) in [5.74, 6) is 0.276. The molecule has 1 saturated carbocycles. The summed E-state index contributed by atoms with van der Waals surface area (Å²) in [6.07, 6.45) is 0.913. The Labute approximate surface area is 260 Å². The van der Waals surface area contributed by atoms with E-state index in [2.05, 4.69) is 20.1 Å². The third kappa shape index (κ3) is 7.18. The van der Waals surface area contributed by atoms with Crippen molar-refractivity contribution >= 4 is 27.6 Å². The maximum Gasteiger partial charge on any atom is 0.394 e. The second-order valence-electron chi connectivity index (χ2n) is 12.2. The summed E-state index contributed by atoms with van der Waals surface area (Å²) < 4.78 is 75.2. The lowest BCUT2D eigenvalue weighted by Gasteiger charge is -2.34. The maximum absolute atomic E-state index is 13.5. The number of sulfonamides is 1. The lowest BCUT2D eigenvalue weighted by Crippen LogP contribution is -2.41. The van der Waals surface area contributed by atoms with Gasteiger partial charge in [0.05, 0.1) is 17.6 Å². The number of carbonyl (C=O) groups excluding carboxylic acids is 1. The zero-order valence-corrected chi connectivity index (χ0v) is 26.3. The van der Waals surface area contributed by atoms with E-state index < -0.39 is 27.5 Å². The van der Waals surface area contributed by atoms with Crippen LogP contribution >= 0.6 is 0 Å². The molecule has 5 rings (SSSR count). The fourth-order valence-electron chi connectivity index (χ4n) is 5.42. The molecule has 15 heteroatoms. The molecule has 0 radical (unpaired) electrons. The number of ether oxygens (including phenoxy) is 1. The highest BCUT2D eigenvalue weighted by molar-refractivity contribution is 7.90. The third-order valence-electron chi connectivity index (χ3n) is 8.41. The number of hydrogen-bond acceptors (Lipinski definition) is 9. The average Bonchev–Trinajstić information content (AvgIpc) is 3.50. The summed E-state index contributed by atoms with van der Waals surface area (Å²) in [6, 6.07) is 9.05. The van der Waals surface area contributed by atoms with Crippen molar-refractivity contribution in [2.24, 2.45) is 5.41 Å². The first-order valence-electron chi connectivity index (χ1n) is 15.1. The van der Waals surface area contributed by atoms with Crippen molar-refractivity contribution in [1.82, 2.24) is 24.5 Å². The van der Waals surface area contributed by atoms with Crippen molar-refractivity contribution in [2.45, 2.75) is 82.5 Å². The van der Waals surface area contributed by atoms with E-state index >= 15 is 0 Å². The third-order valence-corrected chi connectivity index (χ3v) is 9.64. The van der Waals surface area contributed by atoms with Crippen molar-refractivity contribution < 1.29 is 31.1 Å². The molecule has 1 aliphatic carbocycles. The predicted octanol–water partition coefficient (Wildman–Crippen LogP) is 5.48. The van der Waals surface area contributed by atoms with E-state index in [1.807, 2.05) is 25.7 Å². The van der Waals surface area contributed by atoms with Crippen LogP contribution in [0, 0.1) is 5.41 Å². The zero-order valence-electron chi connectivity index (χ0n) is 25.5. The summed E-state index contributed by atoms with van der Waals surface area (Å²) in [5.41, 5.74) is -1.97. The molecule has 244 valence electrons. The van der Waals surface area contributed by atoms with Crippen LogP contribution in [-0.2, 0) is 10.0 Å². The number of hydrogen-bond donors (Lipinski definition) is 2. The van der Waals surface area contributed by atoms with Crippen LogP contribution in [0.5, 0.6) is 5.88 Å². The van der Waals surface area contributed by atoms with E-state index in [1.165, 1.54) is 28.9 Å². The van der Waals surface area contributed by atoms with E-state index in [0.29, 0.717) is 24.7 Å². The van der Waals surface area contributed by atoms with Gasteiger partial charge in [-0.25, -0.2) is 19.4 Å². The molecular weight excluding hydrogens is 611 g/mol. The Balaban J connectivity index is 1.36. The molecule has 3 aromatic rings. The summed E-state index contributed by atoms with van der Waals surface area (Å²) in [4.78, 5) is 24.4. The summed E-state index contributed by atoms with van der Waals surface area (Å²) in [6.45, 7) is 7.17. The van der Waals surface area contributed by atoms with Gasteiger partial charge in [0.25, 0.3) is 15.9 Å². The highest BCUT2D eigenvalue weighted by atomic mass is 32.2. The Morgan fingerprint density at radius 3 is 2.53 bits per heavy atom. The van der Waals surface area contributed by atoms with Gasteiger partial charge in [-0.1, -0.05) is 19.4 Å². The number of carbonyl (C=O) groups is 1. The van der Waals surface area contributed by atoms with Gasteiger partial charge in [0.1, 0.15) is 11.6 Å². The summed E-state index contributed by atoms with van der Waals surface area (Å²) >= 11 is 0. The van der Waals surface area contributed by atoms with Gasteiger partial charge in [-0.3, -0.25) is 4.79 Å². The van der Waals surface area contributed by atoms with E-state index in [4.69, 9.17) is 9.72 Å². The molecule has 3 aromatic heterocycles. The summed E-state index contributed by atoms with van der Waals surface area (Å²) in [7, 11) is -4.31. The first-order valence-corrected chi connectivity index (χ1v) is 16.6. The van der Waals surface area contributed by atoms with Gasteiger partial charge < -0.3 is 15.0 Å².